The Kier molecular flexibility index (Phi) is 16.8. The second kappa shape index (κ2) is 18.0. The highest BCUT2D eigenvalue weighted by molar-refractivity contribution is 8.00. The highest BCUT2D eigenvalue weighted by atomic mass is 32.2. The monoisotopic (exact) mass is 600 g/mol. The van der Waals surface area contributed by atoms with Crippen molar-refractivity contribution >= 4 is 35.3 Å². The van der Waals surface area contributed by atoms with E-state index in [1.807, 2.05) is 13.8 Å². The molecule has 0 radical (unpaired) electrons. The van der Waals surface area contributed by atoms with Crippen molar-refractivity contribution in [3.05, 3.63) is 0 Å². The van der Waals surface area contributed by atoms with Crippen LogP contribution in [-0.2, 0) is 9.59 Å². The first-order valence-corrected chi connectivity index (χ1v) is 15.3. The van der Waals surface area contributed by atoms with Gasteiger partial charge in [0.05, 0.1) is 48.0 Å². The molecule has 12 nitrogen and oxygen atoms in total. The number of aliphatic hydroxyl groups excluding tert-OH is 8. The summed E-state index contributed by atoms with van der Waals surface area (Å²) in [7, 11) is 0. The number of hydrogen-bond acceptors (Lipinski definition) is 12. The molecule has 2 saturated heterocycles. The smallest absolute Gasteiger partial charge is 0.220 e. The molecule has 0 aliphatic carbocycles. The summed E-state index contributed by atoms with van der Waals surface area (Å²) in [4.78, 5) is 23.5. The van der Waals surface area contributed by atoms with Crippen LogP contribution in [0.2, 0.25) is 0 Å². The Labute approximate surface area is 239 Å². The zero-order valence-corrected chi connectivity index (χ0v) is 24.7. The second-order valence-electron chi connectivity index (χ2n) is 10.6. The van der Waals surface area contributed by atoms with E-state index in [0.29, 0.717) is 18.8 Å². The predicted octanol–water partition coefficient (Wildman–Crippen LogP) is -1.50. The van der Waals surface area contributed by atoms with Crippen LogP contribution in [0.3, 0.4) is 0 Å². The van der Waals surface area contributed by atoms with Crippen LogP contribution in [0.25, 0.3) is 0 Å². The van der Waals surface area contributed by atoms with E-state index < -0.39 is 57.9 Å². The first-order chi connectivity index (χ1) is 18.3. The van der Waals surface area contributed by atoms with Crippen LogP contribution in [0.15, 0.2) is 0 Å². The van der Waals surface area contributed by atoms with Crippen molar-refractivity contribution < 1.29 is 50.4 Å². The molecule has 11 atom stereocenters. The molecule has 0 spiro atoms. The van der Waals surface area contributed by atoms with Gasteiger partial charge in [-0.05, 0) is 18.3 Å². The van der Waals surface area contributed by atoms with Crippen LogP contribution in [-0.4, -0.2) is 124 Å². The lowest BCUT2D eigenvalue weighted by Gasteiger charge is -2.40. The summed E-state index contributed by atoms with van der Waals surface area (Å²) in [6, 6.07) is -1.83. The number of aliphatic hydroxyl groups is 8. The van der Waals surface area contributed by atoms with E-state index in [-0.39, 0.29) is 30.9 Å². The van der Waals surface area contributed by atoms with Gasteiger partial charge in [0, 0.05) is 12.8 Å². The molecule has 10 N–H and O–H groups in total. The van der Waals surface area contributed by atoms with E-state index >= 15 is 0 Å². The van der Waals surface area contributed by atoms with Crippen LogP contribution in [0, 0.1) is 11.8 Å². The van der Waals surface area contributed by atoms with E-state index in [9.17, 15) is 40.2 Å². The molecule has 2 amide bonds. The highest BCUT2D eigenvalue weighted by Crippen LogP contribution is 2.32. The van der Waals surface area contributed by atoms with Gasteiger partial charge in [-0.25, -0.2) is 0 Å². The predicted molar refractivity (Wildman–Crippen MR) is 150 cm³/mol. The second-order valence-corrected chi connectivity index (χ2v) is 13.4. The summed E-state index contributed by atoms with van der Waals surface area (Å²) >= 11 is 1.91. The number of nitrogens with one attached hydrogen (secondary N) is 2. The molecule has 2 aliphatic rings. The maximum Gasteiger partial charge on any atom is 0.220 e. The van der Waals surface area contributed by atoms with Crippen molar-refractivity contribution in [1.82, 2.24) is 10.6 Å². The molecule has 39 heavy (non-hydrogen) atoms. The summed E-state index contributed by atoms with van der Waals surface area (Å²) < 4.78 is 0. The first kappa shape index (κ1) is 36.3. The van der Waals surface area contributed by atoms with Crippen LogP contribution in [0.1, 0.15) is 59.8 Å². The summed E-state index contributed by atoms with van der Waals surface area (Å²) in [5.74, 6) is 0.244. The Morgan fingerprint density at radius 1 is 0.744 bits per heavy atom. The number of rotatable bonds is 11. The van der Waals surface area contributed by atoms with Gasteiger partial charge in [-0.1, -0.05) is 40.5 Å². The van der Waals surface area contributed by atoms with Gasteiger partial charge < -0.3 is 51.5 Å². The molecule has 14 heteroatoms. The fourth-order valence-electron chi connectivity index (χ4n) is 4.14. The average molecular weight is 601 g/mol. The summed E-state index contributed by atoms with van der Waals surface area (Å²) in [6.45, 7) is 7.40. The summed E-state index contributed by atoms with van der Waals surface area (Å²) in [5, 5.41) is 81.0. The van der Waals surface area contributed by atoms with Gasteiger partial charge in [0.15, 0.2) is 0 Å². The normalized spacial score (nSPS) is 35.5. The minimum Gasteiger partial charge on any atom is -0.395 e. The number of amides is 2. The molecule has 2 aliphatic heterocycles. The number of carbonyl (C=O) groups is 2. The summed E-state index contributed by atoms with van der Waals surface area (Å²) in [5.41, 5.74) is -2.09. The van der Waals surface area contributed by atoms with Gasteiger partial charge >= 0.3 is 0 Å². The third-order valence-electron chi connectivity index (χ3n) is 6.87. The molecule has 0 bridgehead atoms. The van der Waals surface area contributed by atoms with Crippen LogP contribution in [0.5, 0.6) is 0 Å². The van der Waals surface area contributed by atoms with Crippen molar-refractivity contribution in [2.45, 2.75) is 118 Å². The maximum atomic E-state index is 11.8. The Morgan fingerprint density at radius 3 is 1.56 bits per heavy atom. The van der Waals surface area contributed by atoms with Crippen LogP contribution < -0.4 is 10.6 Å². The van der Waals surface area contributed by atoms with Gasteiger partial charge in [-0.2, -0.15) is 0 Å². The third-order valence-corrected chi connectivity index (χ3v) is 9.57. The number of hydrogen-bond donors (Lipinski definition) is 10. The van der Waals surface area contributed by atoms with E-state index in [1.165, 1.54) is 0 Å². The van der Waals surface area contributed by atoms with Gasteiger partial charge in [-0.15, -0.1) is 23.5 Å². The molecule has 0 saturated carbocycles. The van der Waals surface area contributed by atoms with Gasteiger partial charge in [-0.3, -0.25) is 9.59 Å². The third kappa shape index (κ3) is 11.6. The molecule has 0 aromatic rings. The van der Waals surface area contributed by atoms with Crippen molar-refractivity contribution in [3.8, 4) is 0 Å². The lowest BCUT2D eigenvalue weighted by molar-refractivity contribution is -0.126. The molecule has 2 rings (SSSR count). The molecule has 230 valence electrons. The molecule has 0 aromatic carbocycles. The maximum absolute atomic E-state index is 11.8. The molecule has 2 heterocycles. The topological polar surface area (TPSA) is 220 Å². The minimum atomic E-state index is -1.28. The van der Waals surface area contributed by atoms with Crippen LogP contribution in [0.4, 0.5) is 0 Å². The Morgan fingerprint density at radius 2 is 1.18 bits per heavy atom. The quantitative estimate of drug-likeness (QED) is 0.131. The lowest BCUT2D eigenvalue weighted by atomic mass is 10.0. The molecule has 10 unspecified atom stereocenters. The molecule has 0 aromatic heterocycles. The highest BCUT2D eigenvalue weighted by Gasteiger charge is 2.44. The Bertz CT molecular complexity index is 737. The Hall–Kier alpha value is -0.680. The van der Waals surface area contributed by atoms with E-state index in [0.717, 1.165) is 42.8 Å². The zero-order chi connectivity index (χ0) is 29.9. The van der Waals surface area contributed by atoms with Crippen molar-refractivity contribution in [2.75, 3.05) is 13.2 Å². The largest absolute Gasteiger partial charge is 0.395 e. The van der Waals surface area contributed by atoms with E-state index in [4.69, 9.17) is 10.2 Å². The minimum absolute atomic E-state index is 0.223. The van der Waals surface area contributed by atoms with Gasteiger partial charge in [0.1, 0.15) is 23.1 Å². The van der Waals surface area contributed by atoms with Crippen LogP contribution >= 0.6 is 23.5 Å². The zero-order valence-electron chi connectivity index (χ0n) is 23.1. The molecular weight excluding hydrogens is 552 g/mol. The van der Waals surface area contributed by atoms with Crippen molar-refractivity contribution in [1.29, 1.82) is 0 Å². The molecular formula is C25H48N2O10S2. The van der Waals surface area contributed by atoms with Crippen molar-refractivity contribution in [2.24, 2.45) is 11.8 Å². The van der Waals surface area contributed by atoms with E-state index in [2.05, 4.69) is 24.5 Å². The standard InChI is InChI=1S/C13H25NO5S.C12H23NO5S/c1-7(2)4-3-5-9(16)14-10-12(18)11(17)8(6-15)20-13(10)19;1-3-6(2)4-8(15)13-9-11(17)10(16)7(5-14)19-12(9)18/h7-8,10-13,15,17-19H,3-6H2,1-2H3,(H,14,16);6-7,9-12,14,16-18H,3-5H2,1-2H3,(H,13,15)/t;6-,7?,9?,10?,11?,12?/m.0/s1. The Balaban J connectivity index is 0.000000391. The van der Waals surface area contributed by atoms with Gasteiger partial charge in [0.2, 0.25) is 11.8 Å². The number of thioether (sulfide) groups is 2. The molecule has 2 fully saturated rings. The fraction of sp³-hybridized carbons (Fsp3) is 0.920. The lowest BCUT2D eigenvalue weighted by Crippen LogP contribution is -2.60. The fourth-order valence-corrected chi connectivity index (χ4v) is 6.47. The first-order valence-electron chi connectivity index (χ1n) is 13.5. The van der Waals surface area contributed by atoms with E-state index in [1.54, 1.807) is 0 Å². The number of carbonyl (C=O) groups excluding carboxylic acids is 2. The average Bonchev–Trinajstić information content (AvgIpc) is 2.88. The SMILES string of the molecule is CC(C)CCCC(=O)NC1C(O)SC(CO)C(O)C1O.CC[C@H](C)CC(=O)NC1C(O)SC(CO)C(O)C1O. The van der Waals surface area contributed by atoms with Gasteiger partial charge in [0.25, 0.3) is 0 Å². The van der Waals surface area contributed by atoms with Crippen molar-refractivity contribution in [3.63, 3.8) is 0 Å². The summed E-state index contributed by atoms with van der Waals surface area (Å²) in [6.07, 6.45) is -1.71.